The molecule has 0 heterocycles. The van der Waals surface area contributed by atoms with Crippen molar-refractivity contribution < 1.29 is 19.0 Å². The van der Waals surface area contributed by atoms with Gasteiger partial charge in [-0.3, -0.25) is 10.6 Å². The zero-order chi connectivity index (χ0) is 14.5. The molecule has 106 valence electrons. The van der Waals surface area contributed by atoms with Crippen LogP contribution in [0.2, 0.25) is 0 Å². The van der Waals surface area contributed by atoms with E-state index >= 15 is 0 Å². The van der Waals surface area contributed by atoms with Crippen LogP contribution in [0, 0.1) is 0 Å². The van der Waals surface area contributed by atoms with Gasteiger partial charge in [-0.15, -0.1) is 0 Å². The van der Waals surface area contributed by atoms with E-state index < -0.39 is 11.5 Å². The molecule has 0 amide bonds. The van der Waals surface area contributed by atoms with Crippen LogP contribution >= 0.6 is 0 Å². The molecule has 0 spiro atoms. The Morgan fingerprint density at radius 3 is 2.37 bits per heavy atom. The first kappa shape index (κ1) is 15.3. The first-order chi connectivity index (χ1) is 9.00. The number of hydrogen-bond acceptors (Lipinski definition) is 6. The van der Waals surface area contributed by atoms with E-state index in [-0.39, 0.29) is 0 Å². The molecule has 0 aromatic heterocycles. The van der Waals surface area contributed by atoms with Gasteiger partial charge in [0.25, 0.3) is 0 Å². The number of hydrogen-bond donors (Lipinski definition) is 2. The largest absolute Gasteiger partial charge is 0.493 e. The molecule has 0 bridgehead atoms. The van der Waals surface area contributed by atoms with E-state index in [1.54, 1.807) is 33.3 Å². The maximum absolute atomic E-state index is 11.7. The van der Waals surface area contributed by atoms with Gasteiger partial charge in [-0.05, 0) is 24.6 Å². The normalized spacial score (nSPS) is 13.5. The van der Waals surface area contributed by atoms with Gasteiger partial charge in [0, 0.05) is 6.42 Å². The monoisotopic (exact) mass is 268 g/mol. The Morgan fingerprint density at radius 1 is 1.26 bits per heavy atom. The van der Waals surface area contributed by atoms with Gasteiger partial charge in [0.1, 0.15) is 5.54 Å². The Hall–Kier alpha value is -1.79. The molecule has 1 aromatic carbocycles. The zero-order valence-corrected chi connectivity index (χ0v) is 11.6. The molecule has 0 aliphatic heterocycles. The predicted octanol–water partition coefficient (Wildman–Crippen LogP) is 0.641. The van der Waals surface area contributed by atoms with Gasteiger partial charge in [0.05, 0.1) is 21.3 Å². The van der Waals surface area contributed by atoms with Crippen molar-refractivity contribution in [3.63, 3.8) is 0 Å². The van der Waals surface area contributed by atoms with E-state index in [9.17, 15) is 4.79 Å². The Labute approximate surface area is 112 Å². The molecule has 0 aliphatic rings. The lowest BCUT2D eigenvalue weighted by atomic mass is 9.93. The molecule has 0 aliphatic carbocycles. The van der Waals surface area contributed by atoms with Crippen molar-refractivity contribution in [3.05, 3.63) is 23.8 Å². The van der Waals surface area contributed by atoms with E-state index in [2.05, 4.69) is 5.43 Å². The molecule has 19 heavy (non-hydrogen) atoms. The zero-order valence-electron chi connectivity index (χ0n) is 11.6. The lowest BCUT2D eigenvalue weighted by Gasteiger charge is -2.26. The molecule has 1 aromatic rings. The smallest absolute Gasteiger partial charge is 0.327 e. The fourth-order valence-electron chi connectivity index (χ4n) is 1.81. The third-order valence-electron chi connectivity index (χ3n) is 2.96. The molecule has 1 atom stereocenters. The van der Waals surface area contributed by atoms with Crippen LogP contribution in [0.15, 0.2) is 18.2 Å². The molecule has 0 saturated heterocycles. The van der Waals surface area contributed by atoms with Crippen molar-refractivity contribution in [2.45, 2.75) is 18.9 Å². The van der Waals surface area contributed by atoms with Crippen LogP contribution in [0.1, 0.15) is 12.5 Å². The summed E-state index contributed by atoms with van der Waals surface area (Å²) in [6.07, 6.45) is 0.372. The SMILES string of the molecule is COC(=O)C(C)(Cc1ccc(OC)c(OC)c1)NN. The standard InChI is InChI=1S/C13H20N2O4/c1-13(15-14,12(16)19-4)8-9-5-6-10(17-2)11(7-9)18-3/h5-7,15H,8,14H2,1-4H3. The number of carbonyl (C=O) groups is 1. The minimum absolute atomic E-state index is 0.372. The molecule has 0 radical (unpaired) electrons. The second-order valence-electron chi connectivity index (χ2n) is 4.33. The van der Waals surface area contributed by atoms with Crippen LogP contribution in [-0.4, -0.2) is 32.8 Å². The van der Waals surface area contributed by atoms with Crippen molar-refractivity contribution in [2.75, 3.05) is 21.3 Å². The summed E-state index contributed by atoms with van der Waals surface area (Å²) in [5.41, 5.74) is 2.38. The van der Waals surface area contributed by atoms with Gasteiger partial charge >= 0.3 is 5.97 Å². The quantitative estimate of drug-likeness (QED) is 0.447. The van der Waals surface area contributed by atoms with Gasteiger partial charge in [-0.1, -0.05) is 6.07 Å². The predicted molar refractivity (Wildman–Crippen MR) is 71.0 cm³/mol. The summed E-state index contributed by atoms with van der Waals surface area (Å²) in [6.45, 7) is 1.68. The van der Waals surface area contributed by atoms with Crippen LogP contribution in [0.25, 0.3) is 0 Å². The molecule has 6 heteroatoms. The number of ether oxygens (including phenoxy) is 3. The molecule has 1 unspecified atom stereocenters. The van der Waals surface area contributed by atoms with E-state index in [1.807, 2.05) is 6.07 Å². The first-order valence-electron chi connectivity index (χ1n) is 5.78. The Balaban J connectivity index is 3.01. The molecular formula is C13H20N2O4. The second-order valence-corrected chi connectivity index (χ2v) is 4.33. The van der Waals surface area contributed by atoms with Crippen molar-refractivity contribution in [1.29, 1.82) is 0 Å². The maximum Gasteiger partial charge on any atom is 0.327 e. The van der Waals surface area contributed by atoms with Gasteiger partial charge in [0.2, 0.25) is 0 Å². The molecule has 0 saturated carbocycles. The highest BCUT2D eigenvalue weighted by Gasteiger charge is 2.33. The van der Waals surface area contributed by atoms with Crippen LogP contribution in [0.4, 0.5) is 0 Å². The molecule has 6 nitrogen and oxygen atoms in total. The number of carbonyl (C=O) groups excluding carboxylic acids is 1. The Bertz CT molecular complexity index is 450. The molecule has 0 fully saturated rings. The number of benzene rings is 1. The van der Waals surface area contributed by atoms with Gasteiger partial charge < -0.3 is 14.2 Å². The minimum Gasteiger partial charge on any atom is -0.493 e. The van der Waals surface area contributed by atoms with Crippen molar-refractivity contribution in [3.8, 4) is 11.5 Å². The third-order valence-corrected chi connectivity index (χ3v) is 2.96. The number of nitrogens with one attached hydrogen (secondary N) is 1. The summed E-state index contributed by atoms with van der Waals surface area (Å²) in [6, 6.07) is 5.43. The lowest BCUT2D eigenvalue weighted by Crippen LogP contribution is -2.55. The van der Waals surface area contributed by atoms with E-state index in [4.69, 9.17) is 20.1 Å². The number of rotatable bonds is 6. The highest BCUT2D eigenvalue weighted by Crippen LogP contribution is 2.29. The van der Waals surface area contributed by atoms with E-state index in [0.717, 1.165) is 5.56 Å². The summed E-state index contributed by atoms with van der Waals surface area (Å²) >= 11 is 0. The van der Waals surface area contributed by atoms with E-state index in [0.29, 0.717) is 17.9 Å². The highest BCUT2D eigenvalue weighted by atomic mass is 16.5. The number of methoxy groups -OCH3 is 3. The average Bonchev–Trinajstić information content (AvgIpc) is 2.45. The summed E-state index contributed by atoms with van der Waals surface area (Å²) in [5.74, 6) is 6.26. The number of hydrazine groups is 1. The number of nitrogens with two attached hydrogens (primary N) is 1. The van der Waals surface area contributed by atoms with Gasteiger partial charge in [-0.2, -0.15) is 0 Å². The van der Waals surface area contributed by atoms with Gasteiger partial charge in [0.15, 0.2) is 11.5 Å². The van der Waals surface area contributed by atoms with Crippen LogP contribution in [-0.2, 0) is 16.0 Å². The first-order valence-corrected chi connectivity index (χ1v) is 5.78. The second kappa shape index (κ2) is 6.40. The summed E-state index contributed by atoms with van der Waals surface area (Å²) in [4.78, 5) is 11.7. The fourth-order valence-corrected chi connectivity index (χ4v) is 1.81. The van der Waals surface area contributed by atoms with Crippen molar-refractivity contribution >= 4 is 5.97 Å². The average molecular weight is 268 g/mol. The molecule has 1 rings (SSSR count). The van der Waals surface area contributed by atoms with E-state index in [1.165, 1.54) is 7.11 Å². The maximum atomic E-state index is 11.7. The lowest BCUT2D eigenvalue weighted by molar-refractivity contribution is -0.147. The van der Waals surface area contributed by atoms with Crippen LogP contribution in [0.3, 0.4) is 0 Å². The molecule has 3 N–H and O–H groups in total. The summed E-state index contributed by atoms with van der Waals surface area (Å²) in [7, 11) is 4.45. The highest BCUT2D eigenvalue weighted by molar-refractivity contribution is 5.80. The fraction of sp³-hybridized carbons (Fsp3) is 0.462. The number of esters is 1. The van der Waals surface area contributed by atoms with Crippen molar-refractivity contribution in [2.24, 2.45) is 5.84 Å². The Kier molecular flexibility index (Phi) is 5.14. The van der Waals surface area contributed by atoms with Gasteiger partial charge in [-0.25, -0.2) is 5.43 Å². The Morgan fingerprint density at radius 2 is 1.89 bits per heavy atom. The summed E-state index contributed by atoms with van der Waals surface area (Å²) < 4.78 is 15.1. The van der Waals surface area contributed by atoms with Crippen LogP contribution in [0.5, 0.6) is 11.5 Å². The van der Waals surface area contributed by atoms with Crippen molar-refractivity contribution in [1.82, 2.24) is 5.43 Å². The topological polar surface area (TPSA) is 82.8 Å². The minimum atomic E-state index is -0.992. The third kappa shape index (κ3) is 3.36. The molecular weight excluding hydrogens is 248 g/mol. The summed E-state index contributed by atoms with van der Waals surface area (Å²) in [5, 5.41) is 0. The van der Waals surface area contributed by atoms with Crippen LogP contribution < -0.4 is 20.7 Å².